The Bertz CT molecular complexity index is 266. The number of rotatable bonds is 3. The molecule has 3 fully saturated rings. The van der Waals surface area contributed by atoms with E-state index in [1.165, 1.54) is 38.5 Å². The lowest BCUT2D eigenvalue weighted by atomic mass is 9.39. The van der Waals surface area contributed by atoms with E-state index in [4.69, 9.17) is 4.65 Å². The molecule has 2 unspecified atom stereocenters. The van der Waals surface area contributed by atoms with Crippen LogP contribution in [0.5, 0.6) is 0 Å². The molecule has 2 bridgehead atoms. The van der Waals surface area contributed by atoms with Crippen molar-refractivity contribution in [1.29, 1.82) is 0 Å². The zero-order valence-electron chi connectivity index (χ0n) is 11.1. The fraction of sp³-hybridized carbons (Fsp3) is 0.733. The van der Waals surface area contributed by atoms with Gasteiger partial charge in [0.05, 0.1) is 0 Å². The second kappa shape index (κ2) is 5.90. The lowest BCUT2D eigenvalue weighted by molar-refractivity contribution is 0.260. The van der Waals surface area contributed by atoms with Crippen molar-refractivity contribution in [2.24, 2.45) is 11.8 Å². The zero-order valence-corrected chi connectivity index (χ0v) is 11.1. The quantitative estimate of drug-likeness (QED) is 0.519. The molecule has 1 aliphatic carbocycles. The SMILES string of the molecule is C=CC1B(OC)C2CCCC(CCC2)C1C=C. The van der Waals surface area contributed by atoms with Crippen molar-refractivity contribution in [3.63, 3.8) is 0 Å². The van der Waals surface area contributed by atoms with Gasteiger partial charge in [-0.25, -0.2) is 0 Å². The molecule has 2 aliphatic heterocycles. The van der Waals surface area contributed by atoms with Crippen LogP contribution in [0.2, 0.25) is 11.6 Å². The van der Waals surface area contributed by atoms with Gasteiger partial charge in [0.25, 0.3) is 0 Å². The first-order chi connectivity index (χ1) is 8.31. The summed E-state index contributed by atoms with van der Waals surface area (Å²) in [6, 6.07) is 0. The van der Waals surface area contributed by atoms with Crippen LogP contribution in [0.3, 0.4) is 0 Å². The van der Waals surface area contributed by atoms with Crippen molar-refractivity contribution >= 4 is 6.92 Å². The van der Waals surface area contributed by atoms with E-state index in [0.29, 0.717) is 18.7 Å². The third-order valence-electron chi connectivity index (χ3n) is 4.95. The van der Waals surface area contributed by atoms with Gasteiger partial charge >= 0.3 is 6.92 Å². The first-order valence-electron chi connectivity index (χ1n) is 7.09. The van der Waals surface area contributed by atoms with Gasteiger partial charge in [0, 0.05) is 7.11 Å². The van der Waals surface area contributed by atoms with E-state index in [9.17, 15) is 0 Å². The summed E-state index contributed by atoms with van der Waals surface area (Å²) in [6.07, 6.45) is 12.4. The third-order valence-corrected chi connectivity index (χ3v) is 4.95. The molecule has 2 heterocycles. The van der Waals surface area contributed by atoms with E-state index < -0.39 is 0 Å². The van der Waals surface area contributed by atoms with Gasteiger partial charge in [-0.2, -0.15) is 0 Å². The van der Waals surface area contributed by atoms with Crippen LogP contribution in [-0.2, 0) is 4.65 Å². The Morgan fingerprint density at radius 2 is 1.71 bits per heavy atom. The molecular weight excluding hydrogens is 207 g/mol. The predicted octanol–water partition coefficient (Wildman–Crippen LogP) is 4.34. The number of hydrogen-bond donors (Lipinski definition) is 0. The van der Waals surface area contributed by atoms with Crippen molar-refractivity contribution in [2.45, 2.75) is 50.2 Å². The van der Waals surface area contributed by atoms with E-state index in [0.717, 1.165) is 11.7 Å². The molecule has 2 atom stereocenters. The molecular formula is C15H25BO. The molecule has 17 heavy (non-hydrogen) atoms. The molecule has 0 amide bonds. The summed E-state index contributed by atoms with van der Waals surface area (Å²) >= 11 is 0. The van der Waals surface area contributed by atoms with E-state index in [2.05, 4.69) is 25.3 Å². The normalized spacial score (nSPS) is 38.1. The number of fused-ring (bicyclic) bond motifs is 6. The first-order valence-corrected chi connectivity index (χ1v) is 7.09. The molecule has 1 saturated carbocycles. The summed E-state index contributed by atoms with van der Waals surface area (Å²) in [5, 5.41) is 0. The number of allylic oxidation sites excluding steroid dienone is 2. The van der Waals surface area contributed by atoms with E-state index in [1.54, 1.807) is 0 Å². The van der Waals surface area contributed by atoms with E-state index >= 15 is 0 Å². The highest BCUT2D eigenvalue weighted by Crippen LogP contribution is 2.47. The maximum Gasteiger partial charge on any atom is 0.303 e. The average Bonchev–Trinajstić information content (AvgIpc) is 2.27. The fourth-order valence-corrected chi connectivity index (χ4v) is 4.12. The van der Waals surface area contributed by atoms with E-state index in [-0.39, 0.29) is 0 Å². The van der Waals surface area contributed by atoms with Gasteiger partial charge < -0.3 is 4.65 Å². The fourth-order valence-electron chi connectivity index (χ4n) is 4.12. The molecule has 0 aromatic rings. The lowest BCUT2D eigenvalue weighted by Crippen LogP contribution is -2.38. The molecule has 1 nitrogen and oxygen atoms in total. The van der Waals surface area contributed by atoms with Crippen LogP contribution < -0.4 is 0 Å². The molecule has 3 rings (SSSR count). The van der Waals surface area contributed by atoms with Crippen molar-refractivity contribution in [3.8, 4) is 0 Å². The zero-order chi connectivity index (χ0) is 12.3. The monoisotopic (exact) mass is 232 g/mol. The first kappa shape index (κ1) is 12.9. The van der Waals surface area contributed by atoms with Crippen LogP contribution in [0.15, 0.2) is 25.3 Å². The highest BCUT2D eigenvalue weighted by Gasteiger charge is 2.42. The highest BCUT2D eigenvalue weighted by atomic mass is 16.4. The second-order valence-electron chi connectivity index (χ2n) is 5.71. The smallest absolute Gasteiger partial charge is 0.303 e. The third kappa shape index (κ3) is 2.52. The highest BCUT2D eigenvalue weighted by molar-refractivity contribution is 6.56. The Hall–Kier alpha value is -0.495. The van der Waals surface area contributed by atoms with Gasteiger partial charge in [-0.05, 0) is 36.3 Å². The molecule has 0 aromatic carbocycles. The largest absolute Gasteiger partial charge is 0.438 e. The van der Waals surface area contributed by atoms with Crippen LogP contribution in [-0.4, -0.2) is 14.0 Å². The van der Waals surface area contributed by atoms with Crippen LogP contribution in [0, 0.1) is 11.8 Å². The van der Waals surface area contributed by atoms with Gasteiger partial charge in [-0.3, -0.25) is 0 Å². The summed E-state index contributed by atoms with van der Waals surface area (Å²) in [6.45, 7) is 8.48. The van der Waals surface area contributed by atoms with Crippen LogP contribution in [0.4, 0.5) is 0 Å². The topological polar surface area (TPSA) is 9.23 Å². The molecule has 3 aliphatic rings. The van der Waals surface area contributed by atoms with Gasteiger partial charge in [-0.15, -0.1) is 13.2 Å². The Balaban J connectivity index is 2.31. The summed E-state index contributed by atoms with van der Waals surface area (Å²) in [4.78, 5) is 0. The van der Waals surface area contributed by atoms with Crippen molar-refractivity contribution in [2.75, 3.05) is 7.11 Å². The van der Waals surface area contributed by atoms with E-state index in [1.807, 2.05) is 7.11 Å². The predicted molar refractivity (Wildman–Crippen MR) is 75.3 cm³/mol. The summed E-state index contributed by atoms with van der Waals surface area (Å²) in [5.41, 5.74) is 0. The molecule has 0 N–H and O–H groups in total. The molecule has 94 valence electrons. The maximum absolute atomic E-state index is 5.83. The van der Waals surface area contributed by atoms with Gasteiger partial charge in [0.1, 0.15) is 0 Å². The average molecular weight is 232 g/mol. The number of hydrogen-bond acceptors (Lipinski definition) is 1. The van der Waals surface area contributed by atoms with Gasteiger partial charge in [0.2, 0.25) is 0 Å². The summed E-state index contributed by atoms with van der Waals surface area (Å²) in [7, 11) is 1.87. The second-order valence-corrected chi connectivity index (χ2v) is 5.71. The minimum Gasteiger partial charge on any atom is -0.438 e. The van der Waals surface area contributed by atoms with Crippen molar-refractivity contribution in [3.05, 3.63) is 25.3 Å². The molecule has 2 saturated heterocycles. The lowest BCUT2D eigenvalue weighted by Gasteiger charge is -2.41. The Kier molecular flexibility index (Phi) is 4.50. The Morgan fingerprint density at radius 3 is 2.18 bits per heavy atom. The summed E-state index contributed by atoms with van der Waals surface area (Å²) < 4.78 is 5.83. The van der Waals surface area contributed by atoms with Crippen LogP contribution in [0.1, 0.15) is 38.5 Å². The maximum atomic E-state index is 5.83. The molecule has 0 spiro atoms. The summed E-state index contributed by atoms with van der Waals surface area (Å²) in [5.74, 6) is 2.56. The Labute approximate surface area is 106 Å². The molecule has 0 radical (unpaired) electrons. The van der Waals surface area contributed by atoms with Crippen molar-refractivity contribution in [1.82, 2.24) is 0 Å². The van der Waals surface area contributed by atoms with Crippen molar-refractivity contribution < 1.29 is 4.65 Å². The van der Waals surface area contributed by atoms with Crippen LogP contribution in [0.25, 0.3) is 0 Å². The standard InChI is InChI=1S/C15H25BO/c1-4-14-12-8-6-10-13(11-7-9-12)16(17-3)15(14)5-2/h4-5,12-15H,1-2,6-11H2,3H3. The minimum absolute atomic E-state index is 0.360. The van der Waals surface area contributed by atoms with Gasteiger partial charge in [0.15, 0.2) is 0 Å². The van der Waals surface area contributed by atoms with Crippen LogP contribution >= 0.6 is 0 Å². The Morgan fingerprint density at radius 1 is 1.06 bits per heavy atom. The van der Waals surface area contributed by atoms with Gasteiger partial charge in [-0.1, -0.05) is 37.8 Å². The molecule has 0 aromatic heterocycles. The minimum atomic E-state index is 0.360. The molecule has 2 heteroatoms.